The minimum atomic E-state index is -4.67. The molecule has 0 aliphatic carbocycles. The molecule has 0 rings (SSSR count). The average molecular weight is 533 g/mol. The van der Waals surface area contributed by atoms with Crippen LogP contribution in [0.15, 0.2) is 0 Å². The van der Waals surface area contributed by atoms with Crippen molar-refractivity contribution < 1.29 is 53.2 Å². The molecule has 0 bridgehead atoms. The smallest absolute Gasteiger partial charge is 1.00 e. The molecule has 0 spiro atoms. The van der Waals surface area contributed by atoms with Crippen LogP contribution in [-0.4, -0.2) is 30.7 Å². The fourth-order valence-electron chi connectivity index (χ4n) is 4.19. The first-order valence-corrected chi connectivity index (χ1v) is 16.1. The maximum Gasteiger partial charge on any atom is 1.00 e. The number of hydrogen-bond donors (Lipinski definition) is 2. The molecule has 0 fully saturated rings. The van der Waals surface area contributed by atoms with E-state index in [1.807, 2.05) is 0 Å². The molecule has 5 nitrogen and oxygen atoms in total. The topological polar surface area (TPSA) is 83.8 Å². The van der Waals surface area contributed by atoms with E-state index in [-0.39, 0.29) is 31.0 Å². The van der Waals surface area contributed by atoms with Crippen molar-refractivity contribution in [3.8, 4) is 0 Å². The van der Waals surface area contributed by atoms with Crippen molar-refractivity contribution in [2.45, 2.75) is 168 Å². The van der Waals surface area contributed by atoms with Crippen LogP contribution in [0, 0.1) is 0 Å². The number of ether oxygens (including phenoxy) is 1. The van der Waals surface area contributed by atoms with Gasteiger partial charge in [-0.15, -0.1) is 0 Å². The van der Waals surface area contributed by atoms with E-state index in [1.54, 1.807) is 0 Å². The van der Waals surface area contributed by atoms with E-state index in [1.165, 1.54) is 154 Å². The first-order chi connectivity index (χ1) is 16.4. The molecule has 0 atom stereocenters. The molecule has 0 saturated heterocycles. The number of unbranched alkanes of at least 4 members (excludes halogenated alkanes) is 22. The van der Waals surface area contributed by atoms with E-state index in [4.69, 9.17) is 22.3 Å². The van der Waals surface area contributed by atoms with E-state index in [9.17, 15) is 0 Å². The molecule has 210 valence electrons. The summed E-state index contributed by atoms with van der Waals surface area (Å²) in [5.74, 6) is 0. The van der Waals surface area contributed by atoms with E-state index >= 15 is 0 Å². The predicted octanol–water partition coefficient (Wildman–Crippen LogP) is 6.87. The van der Waals surface area contributed by atoms with Gasteiger partial charge >= 0.3 is 40.0 Å². The molecular weight excluding hydrogens is 471 g/mol. The zero-order valence-corrected chi connectivity index (χ0v) is 26.7. The van der Waals surface area contributed by atoms with Crippen LogP contribution in [0.4, 0.5) is 0 Å². The van der Waals surface area contributed by atoms with Gasteiger partial charge in [-0.25, -0.2) is 0 Å². The molecule has 0 unspecified atom stereocenters. The summed E-state index contributed by atoms with van der Waals surface area (Å²) in [5, 5.41) is 0. The molecular formula is C28H61NaO5S. The third-order valence-electron chi connectivity index (χ3n) is 6.28. The fraction of sp³-hybridized carbons (Fsp3) is 1.00. The van der Waals surface area contributed by atoms with Crippen molar-refractivity contribution in [3.63, 3.8) is 0 Å². The first-order valence-electron chi connectivity index (χ1n) is 14.7. The Morgan fingerprint density at radius 1 is 0.457 bits per heavy atom. The van der Waals surface area contributed by atoms with E-state index in [0.29, 0.717) is 0 Å². The van der Waals surface area contributed by atoms with Gasteiger partial charge in [0, 0.05) is 13.2 Å². The van der Waals surface area contributed by atoms with Crippen molar-refractivity contribution in [2.75, 3.05) is 13.2 Å². The van der Waals surface area contributed by atoms with Crippen LogP contribution in [0.25, 0.3) is 0 Å². The normalized spacial score (nSPS) is 11.1. The number of hydrogen-bond acceptors (Lipinski definition) is 3. The molecule has 0 aromatic rings. The summed E-state index contributed by atoms with van der Waals surface area (Å²) in [4.78, 5) is 0. The Morgan fingerprint density at radius 2 is 0.629 bits per heavy atom. The Hall–Kier alpha value is 0.830. The minimum Gasteiger partial charge on any atom is -1.00 e. The third kappa shape index (κ3) is 52.1. The predicted molar refractivity (Wildman–Crippen MR) is 148 cm³/mol. The van der Waals surface area contributed by atoms with Crippen molar-refractivity contribution in [1.82, 2.24) is 0 Å². The summed E-state index contributed by atoms with van der Waals surface area (Å²) in [6, 6.07) is 0. The quantitative estimate of drug-likeness (QED) is 0.0721. The van der Waals surface area contributed by atoms with Crippen molar-refractivity contribution in [3.05, 3.63) is 0 Å². The van der Waals surface area contributed by atoms with Gasteiger partial charge in [-0.1, -0.05) is 155 Å². The molecule has 0 aromatic heterocycles. The second kappa shape index (κ2) is 34.8. The van der Waals surface area contributed by atoms with Crippen molar-refractivity contribution >= 4 is 10.4 Å². The van der Waals surface area contributed by atoms with Gasteiger partial charge in [-0.3, -0.25) is 9.11 Å². The maximum atomic E-state index is 8.74. The summed E-state index contributed by atoms with van der Waals surface area (Å²) >= 11 is 0. The molecule has 0 saturated carbocycles. The molecule has 0 heterocycles. The van der Waals surface area contributed by atoms with E-state index in [0.717, 1.165) is 13.2 Å². The van der Waals surface area contributed by atoms with Gasteiger partial charge in [0.25, 0.3) is 0 Å². The summed E-state index contributed by atoms with van der Waals surface area (Å²) in [6.07, 6.45) is 34.1. The Morgan fingerprint density at radius 3 is 0.829 bits per heavy atom. The second-order valence-corrected chi connectivity index (χ2v) is 10.7. The zero-order chi connectivity index (χ0) is 25.6. The largest absolute Gasteiger partial charge is 1.00 e. The van der Waals surface area contributed by atoms with Gasteiger partial charge in [0.15, 0.2) is 0 Å². The van der Waals surface area contributed by atoms with Crippen LogP contribution in [0.2, 0.25) is 0 Å². The fourth-order valence-corrected chi connectivity index (χ4v) is 4.19. The van der Waals surface area contributed by atoms with Gasteiger partial charge in [-0.2, -0.15) is 8.42 Å². The second-order valence-electron chi connectivity index (χ2n) is 9.84. The summed E-state index contributed by atoms with van der Waals surface area (Å²) in [6.45, 7) is 6.58. The first kappa shape index (κ1) is 40.3. The Kier molecular flexibility index (Phi) is 40.1. The van der Waals surface area contributed by atoms with Gasteiger partial charge in [0.05, 0.1) is 0 Å². The van der Waals surface area contributed by atoms with Crippen LogP contribution in [0.5, 0.6) is 0 Å². The Labute approximate surface area is 243 Å². The average Bonchev–Trinajstić information content (AvgIpc) is 2.78. The summed E-state index contributed by atoms with van der Waals surface area (Å²) in [7, 11) is -4.67. The molecule has 2 N–H and O–H groups in total. The SMILES string of the molecule is CCCCCCCCCCCCCCOCCCCCCCCCCCCCC.O=S(=O)(O)O.[H-].[Na+]. The zero-order valence-electron chi connectivity index (χ0n) is 24.9. The summed E-state index contributed by atoms with van der Waals surface area (Å²) in [5.41, 5.74) is 0. The van der Waals surface area contributed by atoms with E-state index in [2.05, 4.69) is 13.8 Å². The third-order valence-corrected chi connectivity index (χ3v) is 6.28. The minimum absolute atomic E-state index is 0. The Balaban J connectivity index is -0.000000661. The van der Waals surface area contributed by atoms with Gasteiger partial charge in [0.2, 0.25) is 0 Å². The molecule has 7 heteroatoms. The molecule has 0 radical (unpaired) electrons. The molecule has 0 aromatic carbocycles. The monoisotopic (exact) mass is 532 g/mol. The van der Waals surface area contributed by atoms with Crippen LogP contribution in [0.1, 0.15) is 169 Å². The molecule has 0 amide bonds. The standard InChI is InChI=1S/C28H58O.Na.H2O4S.H/c1-3-5-7-9-11-13-15-17-19-21-23-25-27-29-28-26-24-22-20-18-16-14-12-10-8-6-4-2;;1-5(2,3)4;/h3-28H2,1-2H3;;(H2,1,2,3,4);/q;+1;;-1. The molecule has 35 heavy (non-hydrogen) atoms. The number of rotatable bonds is 26. The van der Waals surface area contributed by atoms with Crippen LogP contribution < -0.4 is 29.6 Å². The molecule has 0 aliphatic rings. The summed E-state index contributed by atoms with van der Waals surface area (Å²) < 4.78 is 37.4. The van der Waals surface area contributed by atoms with Gasteiger partial charge in [-0.05, 0) is 12.8 Å². The van der Waals surface area contributed by atoms with Gasteiger partial charge in [0.1, 0.15) is 0 Å². The van der Waals surface area contributed by atoms with Crippen molar-refractivity contribution in [2.24, 2.45) is 0 Å². The van der Waals surface area contributed by atoms with Crippen molar-refractivity contribution in [1.29, 1.82) is 0 Å². The van der Waals surface area contributed by atoms with Crippen LogP contribution in [0.3, 0.4) is 0 Å². The molecule has 0 aliphatic heterocycles. The Bertz CT molecular complexity index is 433. The van der Waals surface area contributed by atoms with E-state index < -0.39 is 10.4 Å². The van der Waals surface area contributed by atoms with Gasteiger partial charge < -0.3 is 6.16 Å². The van der Waals surface area contributed by atoms with Crippen LogP contribution >= 0.6 is 0 Å². The maximum absolute atomic E-state index is 8.74. The van der Waals surface area contributed by atoms with Crippen LogP contribution in [-0.2, 0) is 15.1 Å².